The smallest absolute Gasteiger partial charge is 0.410 e. The number of aliphatic hydroxyl groups is 1. The largest absolute Gasteiger partial charge is 0.444 e. The molecule has 1 aliphatic rings. The van der Waals surface area contributed by atoms with Crippen LogP contribution in [0.1, 0.15) is 36.7 Å². The van der Waals surface area contributed by atoms with Gasteiger partial charge in [-0.25, -0.2) is 4.79 Å². The van der Waals surface area contributed by atoms with Crippen molar-refractivity contribution in [1.82, 2.24) is 9.80 Å². The van der Waals surface area contributed by atoms with Gasteiger partial charge in [0.2, 0.25) is 0 Å². The Morgan fingerprint density at radius 3 is 2.34 bits per heavy atom. The predicted octanol–water partition coefficient (Wildman–Crippen LogP) is 1.74. The second-order valence-electron chi connectivity index (χ2n) is 8.02. The molecular formula is C21H30N4O4. The maximum atomic E-state index is 12.9. The van der Waals surface area contributed by atoms with Crippen molar-refractivity contribution in [3.63, 3.8) is 0 Å². The molecule has 1 saturated heterocycles. The minimum atomic E-state index is -0.844. The van der Waals surface area contributed by atoms with Crippen molar-refractivity contribution in [1.29, 1.82) is 0 Å². The van der Waals surface area contributed by atoms with E-state index in [4.69, 9.17) is 10.5 Å². The summed E-state index contributed by atoms with van der Waals surface area (Å²) in [5, 5.41) is 10.4. The van der Waals surface area contributed by atoms with E-state index in [1.54, 1.807) is 65.3 Å². The number of aliphatic imine (C=N–C) groups is 1. The Labute approximate surface area is 171 Å². The standard InChI is InChI=1S/C21H30N4O4/c1-21(2,3)29-20(28)25-12-17(18(26)13-25)24(5)19(27)15-8-6-14(7-9-15)16(10-22)11-23-4/h6-11,17-18,26H,12-13,22H2,1-5H3/t17-,18-/m0/s1. The Bertz CT molecular complexity index is 796. The highest BCUT2D eigenvalue weighted by Crippen LogP contribution is 2.21. The number of ether oxygens (including phenoxy) is 1. The van der Waals surface area contributed by atoms with Crippen molar-refractivity contribution < 1.29 is 19.4 Å². The first kappa shape index (κ1) is 22.4. The third kappa shape index (κ3) is 5.57. The molecule has 2 amide bonds. The van der Waals surface area contributed by atoms with E-state index >= 15 is 0 Å². The molecule has 29 heavy (non-hydrogen) atoms. The predicted molar refractivity (Wildman–Crippen MR) is 113 cm³/mol. The highest BCUT2D eigenvalue weighted by atomic mass is 16.6. The summed E-state index contributed by atoms with van der Waals surface area (Å²) in [5.41, 5.74) is 7.06. The first-order valence-corrected chi connectivity index (χ1v) is 9.45. The molecule has 1 aliphatic heterocycles. The Hall–Kier alpha value is -2.87. The molecule has 1 aromatic rings. The minimum Gasteiger partial charge on any atom is -0.444 e. The van der Waals surface area contributed by atoms with Gasteiger partial charge in [-0.15, -0.1) is 0 Å². The van der Waals surface area contributed by atoms with E-state index in [0.29, 0.717) is 5.56 Å². The SMILES string of the molecule is CN=CC(=CN)c1ccc(C(=O)N(C)[C@H]2CN(C(=O)OC(C)(C)C)C[C@@H]2O)cc1. The molecule has 3 N–H and O–H groups in total. The molecule has 0 radical (unpaired) electrons. The third-order valence-electron chi connectivity index (χ3n) is 4.64. The summed E-state index contributed by atoms with van der Waals surface area (Å²) in [6.45, 7) is 5.68. The number of rotatable bonds is 4. The summed E-state index contributed by atoms with van der Waals surface area (Å²) in [6.07, 6.45) is 1.75. The molecule has 0 saturated carbocycles. The van der Waals surface area contributed by atoms with E-state index in [0.717, 1.165) is 11.1 Å². The summed E-state index contributed by atoms with van der Waals surface area (Å²) in [7, 11) is 3.28. The van der Waals surface area contributed by atoms with Gasteiger partial charge in [-0.3, -0.25) is 9.79 Å². The van der Waals surface area contributed by atoms with Crippen molar-refractivity contribution in [2.75, 3.05) is 27.2 Å². The molecule has 1 fully saturated rings. The summed E-state index contributed by atoms with van der Waals surface area (Å²) >= 11 is 0. The average Bonchev–Trinajstić information content (AvgIpc) is 3.05. The number of hydrogen-bond acceptors (Lipinski definition) is 6. The third-order valence-corrected chi connectivity index (χ3v) is 4.64. The molecule has 2 atom stereocenters. The van der Waals surface area contributed by atoms with Gasteiger partial charge in [0.15, 0.2) is 0 Å². The van der Waals surface area contributed by atoms with E-state index in [9.17, 15) is 14.7 Å². The van der Waals surface area contributed by atoms with E-state index < -0.39 is 23.8 Å². The number of likely N-dealkylation sites (N-methyl/N-ethyl adjacent to an activating group) is 1. The fraction of sp³-hybridized carbons (Fsp3) is 0.476. The lowest BCUT2D eigenvalue weighted by molar-refractivity contribution is 0.0268. The molecule has 2 rings (SSSR count). The van der Waals surface area contributed by atoms with Crippen molar-refractivity contribution in [2.45, 2.75) is 38.5 Å². The van der Waals surface area contributed by atoms with Gasteiger partial charge in [0.05, 0.1) is 18.7 Å². The molecule has 0 aliphatic carbocycles. The highest BCUT2D eigenvalue weighted by Gasteiger charge is 2.39. The Balaban J connectivity index is 2.09. The van der Waals surface area contributed by atoms with Crippen LogP contribution in [-0.2, 0) is 4.74 Å². The lowest BCUT2D eigenvalue weighted by atomic mass is 10.0. The number of amides is 2. The van der Waals surface area contributed by atoms with Gasteiger partial charge >= 0.3 is 6.09 Å². The average molecular weight is 402 g/mol. The molecular weight excluding hydrogens is 372 g/mol. The van der Waals surface area contributed by atoms with Crippen LogP contribution < -0.4 is 5.73 Å². The topological polar surface area (TPSA) is 108 Å². The van der Waals surface area contributed by atoms with Crippen LogP contribution in [0.4, 0.5) is 4.79 Å². The lowest BCUT2D eigenvalue weighted by Crippen LogP contribution is -2.44. The Morgan fingerprint density at radius 1 is 1.24 bits per heavy atom. The lowest BCUT2D eigenvalue weighted by Gasteiger charge is -2.27. The van der Waals surface area contributed by atoms with Crippen molar-refractivity contribution in [3.05, 3.63) is 41.6 Å². The van der Waals surface area contributed by atoms with Gasteiger partial charge in [0, 0.05) is 44.2 Å². The number of benzene rings is 1. The Morgan fingerprint density at radius 2 is 1.83 bits per heavy atom. The summed E-state index contributed by atoms with van der Waals surface area (Å²) in [4.78, 5) is 32.0. The van der Waals surface area contributed by atoms with Gasteiger partial charge in [0.25, 0.3) is 5.91 Å². The number of nitrogens with two attached hydrogens (primary N) is 1. The maximum Gasteiger partial charge on any atom is 0.410 e. The fourth-order valence-corrected chi connectivity index (χ4v) is 3.14. The van der Waals surface area contributed by atoms with Crippen LogP contribution in [0.15, 0.2) is 35.5 Å². The molecule has 0 unspecified atom stereocenters. The zero-order chi connectivity index (χ0) is 21.8. The van der Waals surface area contributed by atoms with E-state index in [1.807, 2.05) is 0 Å². The highest BCUT2D eigenvalue weighted by molar-refractivity contribution is 6.09. The molecule has 0 aromatic heterocycles. The van der Waals surface area contributed by atoms with Crippen LogP contribution in [0.5, 0.6) is 0 Å². The normalized spacial score (nSPS) is 20.2. The number of carbonyl (C=O) groups excluding carboxylic acids is 2. The number of nitrogens with zero attached hydrogens (tertiary/aromatic N) is 3. The second kappa shape index (κ2) is 9.09. The molecule has 0 spiro atoms. The Kier molecular flexibility index (Phi) is 7.02. The number of allylic oxidation sites excluding steroid dienone is 1. The van der Waals surface area contributed by atoms with Crippen molar-refractivity contribution >= 4 is 23.8 Å². The van der Waals surface area contributed by atoms with Gasteiger partial charge in [-0.1, -0.05) is 12.1 Å². The van der Waals surface area contributed by atoms with Gasteiger partial charge in [-0.2, -0.15) is 0 Å². The minimum absolute atomic E-state index is 0.122. The van der Waals surface area contributed by atoms with Crippen LogP contribution in [0.25, 0.3) is 5.57 Å². The van der Waals surface area contributed by atoms with Crippen LogP contribution in [-0.4, -0.2) is 78.1 Å². The number of β-amino-alcohol motifs (C(OH)–C–C–N with tert-alkyl or cyclic N) is 1. The zero-order valence-corrected chi connectivity index (χ0v) is 17.6. The van der Waals surface area contributed by atoms with Crippen LogP contribution in [0.3, 0.4) is 0 Å². The van der Waals surface area contributed by atoms with Gasteiger partial charge < -0.3 is 25.4 Å². The van der Waals surface area contributed by atoms with Crippen molar-refractivity contribution in [2.24, 2.45) is 10.7 Å². The van der Waals surface area contributed by atoms with Crippen LogP contribution in [0.2, 0.25) is 0 Å². The van der Waals surface area contributed by atoms with Crippen LogP contribution >= 0.6 is 0 Å². The first-order chi connectivity index (χ1) is 13.6. The molecule has 158 valence electrons. The molecule has 1 aromatic carbocycles. The van der Waals surface area contributed by atoms with Gasteiger partial charge in [-0.05, 0) is 38.5 Å². The first-order valence-electron chi connectivity index (χ1n) is 9.45. The van der Waals surface area contributed by atoms with E-state index in [-0.39, 0.29) is 19.0 Å². The second-order valence-corrected chi connectivity index (χ2v) is 8.02. The molecule has 1 heterocycles. The molecule has 8 heteroatoms. The van der Waals surface area contributed by atoms with E-state index in [2.05, 4.69) is 4.99 Å². The fourth-order valence-electron chi connectivity index (χ4n) is 3.14. The molecule has 8 nitrogen and oxygen atoms in total. The number of likely N-dealkylation sites (tertiary alicyclic amines) is 1. The number of aliphatic hydroxyl groups excluding tert-OH is 1. The van der Waals surface area contributed by atoms with E-state index in [1.165, 1.54) is 16.0 Å². The van der Waals surface area contributed by atoms with Gasteiger partial charge in [0.1, 0.15) is 5.60 Å². The zero-order valence-electron chi connectivity index (χ0n) is 17.6. The summed E-state index contributed by atoms with van der Waals surface area (Å²) in [5.74, 6) is -0.242. The van der Waals surface area contributed by atoms with Crippen LogP contribution in [0, 0.1) is 0 Å². The summed E-state index contributed by atoms with van der Waals surface area (Å²) < 4.78 is 5.36. The number of hydrogen-bond donors (Lipinski definition) is 2. The molecule has 0 bridgehead atoms. The van der Waals surface area contributed by atoms with Crippen molar-refractivity contribution in [3.8, 4) is 0 Å². The quantitative estimate of drug-likeness (QED) is 0.746. The maximum absolute atomic E-state index is 12.9. The summed E-state index contributed by atoms with van der Waals surface area (Å²) in [6, 6.07) is 6.47. The monoisotopic (exact) mass is 402 g/mol. The number of carbonyl (C=O) groups is 2.